The second kappa shape index (κ2) is 6.52. The van der Waals surface area contributed by atoms with Gasteiger partial charge in [-0.25, -0.2) is 14.2 Å². The topological polar surface area (TPSA) is 131 Å². The molecule has 0 aliphatic rings. The van der Waals surface area contributed by atoms with Crippen LogP contribution in [0.1, 0.15) is 16.1 Å². The van der Waals surface area contributed by atoms with Crippen LogP contribution < -0.4 is 5.73 Å². The standard InChI is InChI=1S/C13H9Cl2FN2O5S/c14-7-2-1-5(11(16)6(7)4-24(21,22)23)9-3-8(17)10(15)12(18-9)13(19)20/h1-3H,4H2,(H2,17,18)(H,19,20)(H,21,22,23). The molecule has 0 amide bonds. The predicted octanol–water partition coefficient (Wildman–Crippen LogP) is 2.86. The number of carbonyl (C=O) groups is 1. The Balaban J connectivity index is 2.70. The first kappa shape index (κ1) is 18.4. The summed E-state index contributed by atoms with van der Waals surface area (Å²) in [5.41, 5.74) is 3.95. The minimum Gasteiger partial charge on any atom is -0.476 e. The highest BCUT2D eigenvalue weighted by molar-refractivity contribution is 7.85. The summed E-state index contributed by atoms with van der Waals surface area (Å²) in [5.74, 6) is -3.60. The maximum absolute atomic E-state index is 14.6. The fraction of sp³-hybridized carbons (Fsp3) is 0.0769. The van der Waals surface area contributed by atoms with Gasteiger partial charge in [0, 0.05) is 16.1 Å². The number of hydrogen-bond acceptors (Lipinski definition) is 5. The fourth-order valence-electron chi connectivity index (χ4n) is 1.94. The van der Waals surface area contributed by atoms with E-state index in [0.29, 0.717) is 0 Å². The normalized spacial score (nSPS) is 11.5. The van der Waals surface area contributed by atoms with Crippen LogP contribution in [0.3, 0.4) is 0 Å². The third kappa shape index (κ3) is 3.75. The molecule has 0 spiro atoms. The van der Waals surface area contributed by atoms with Gasteiger partial charge in [-0.3, -0.25) is 4.55 Å². The van der Waals surface area contributed by atoms with E-state index in [2.05, 4.69) is 4.98 Å². The number of nitrogens with two attached hydrogens (primary N) is 1. The number of carboxylic acid groups (broad SMARTS) is 1. The van der Waals surface area contributed by atoms with Gasteiger partial charge in [0.05, 0.1) is 16.4 Å². The highest BCUT2D eigenvalue weighted by Gasteiger charge is 2.22. The average molecular weight is 395 g/mol. The third-order valence-electron chi connectivity index (χ3n) is 2.98. The first-order valence-corrected chi connectivity index (χ1v) is 8.49. The number of benzene rings is 1. The molecule has 0 aliphatic carbocycles. The molecule has 128 valence electrons. The van der Waals surface area contributed by atoms with Gasteiger partial charge >= 0.3 is 5.97 Å². The van der Waals surface area contributed by atoms with E-state index >= 15 is 0 Å². The zero-order valence-corrected chi connectivity index (χ0v) is 14.0. The van der Waals surface area contributed by atoms with E-state index in [1.165, 1.54) is 12.1 Å². The molecule has 24 heavy (non-hydrogen) atoms. The van der Waals surface area contributed by atoms with Crippen molar-refractivity contribution >= 4 is 45.0 Å². The Morgan fingerprint density at radius 1 is 1.33 bits per heavy atom. The van der Waals surface area contributed by atoms with Gasteiger partial charge in [0.25, 0.3) is 10.1 Å². The molecular weight excluding hydrogens is 386 g/mol. The SMILES string of the molecule is Nc1cc(-c2ccc(Cl)c(CS(=O)(=O)O)c2F)nc(C(=O)O)c1Cl. The van der Waals surface area contributed by atoms with Crippen molar-refractivity contribution in [2.24, 2.45) is 0 Å². The van der Waals surface area contributed by atoms with Gasteiger partial charge in [-0.05, 0) is 18.2 Å². The van der Waals surface area contributed by atoms with Crippen molar-refractivity contribution in [3.63, 3.8) is 0 Å². The Morgan fingerprint density at radius 2 is 1.96 bits per heavy atom. The molecule has 0 saturated carbocycles. The molecule has 0 aliphatic heterocycles. The molecule has 1 aromatic heterocycles. The van der Waals surface area contributed by atoms with E-state index in [-0.39, 0.29) is 27.0 Å². The van der Waals surface area contributed by atoms with Crippen molar-refractivity contribution in [2.75, 3.05) is 5.73 Å². The van der Waals surface area contributed by atoms with E-state index in [1.807, 2.05) is 0 Å². The number of aromatic nitrogens is 1. The number of rotatable bonds is 4. The number of anilines is 1. The van der Waals surface area contributed by atoms with Crippen LogP contribution in [0.25, 0.3) is 11.3 Å². The van der Waals surface area contributed by atoms with Gasteiger partial charge in [-0.1, -0.05) is 23.2 Å². The van der Waals surface area contributed by atoms with E-state index in [1.54, 1.807) is 0 Å². The van der Waals surface area contributed by atoms with Crippen LogP contribution >= 0.6 is 23.2 Å². The van der Waals surface area contributed by atoms with E-state index in [4.69, 9.17) is 38.6 Å². The number of pyridine rings is 1. The molecule has 0 atom stereocenters. The molecule has 0 unspecified atom stereocenters. The highest BCUT2D eigenvalue weighted by atomic mass is 35.5. The predicted molar refractivity (Wildman–Crippen MR) is 86.3 cm³/mol. The van der Waals surface area contributed by atoms with Gasteiger partial charge in [-0.15, -0.1) is 0 Å². The van der Waals surface area contributed by atoms with Crippen LogP contribution in [0.2, 0.25) is 10.0 Å². The maximum Gasteiger partial charge on any atom is 0.356 e. The van der Waals surface area contributed by atoms with Crippen LogP contribution in [0, 0.1) is 5.82 Å². The summed E-state index contributed by atoms with van der Waals surface area (Å²) in [5, 5.41) is 8.52. The summed E-state index contributed by atoms with van der Waals surface area (Å²) in [6.45, 7) is 0. The molecule has 0 fully saturated rings. The second-order valence-corrected chi connectivity index (χ2v) is 6.92. The van der Waals surface area contributed by atoms with Crippen molar-refractivity contribution in [3.05, 3.63) is 45.3 Å². The summed E-state index contributed by atoms with van der Waals surface area (Å²) in [6, 6.07) is 3.50. The molecule has 0 saturated heterocycles. The van der Waals surface area contributed by atoms with Crippen molar-refractivity contribution in [2.45, 2.75) is 5.75 Å². The molecular formula is C13H9Cl2FN2O5S. The van der Waals surface area contributed by atoms with Crippen molar-refractivity contribution in [1.29, 1.82) is 0 Å². The first-order valence-electron chi connectivity index (χ1n) is 6.13. The molecule has 4 N–H and O–H groups in total. The third-order valence-corrected chi connectivity index (χ3v) is 4.38. The molecule has 1 heterocycles. The number of nitrogen functional groups attached to an aromatic ring is 1. The molecule has 0 bridgehead atoms. The lowest BCUT2D eigenvalue weighted by Gasteiger charge is -2.11. The molecule has 11 heteroatoms. The number of aromatic carboxylic acids is 1. The Morgan fingerprint density at radius 3 is 2.50 bits per heavy atom. The molecule has 2 rings (SSSR count). The van der Waals surface area contributed by atoms with Gasteiger partial charge in [0.1, 0.15) is 11.6 Å². The summed E-state index contributed by atoms with van der Waals surface area (Å²) in [6.07, 6.45) is 0. The summed E-state index contributed by atoms with van der Waals surface area (Å²) >= 11 is 11.5. The minimum absolute atomic E-state index is 0.148. The minimum atomic E-state index is -4.54. The molecule has 7 nitrogen and oxygen atoms in total. The van der Waals surface area contributed by atoms with Crippen molar-refractivity contribution < 1.29 is 27.3 Å². The Kier molecular flexibility index (Phi) is 5.00. The van der Waals surface area contributed by atoms with E-state index < -0.39 is 38.9 Å². The van der Waals surface area contributed by atoms with Gasteiger partial charge in [-0.2, -0.15) is 8.42 Å². The van der Waals surface area contributed by atoms with Crippen molar-refractivity contribution in [1.82, 2.24) is 4.98 Å². The van der Waals surface area contributed by atoms with Crippen molar-refractivity contribution in [3.8, 4) is 11.3 Å². The Labute approximate surface area is 145 Å². The van der Waals surface area contributed by atoms with Crippen LogP contribution in [0.5, 0.6) is 0 Å². The first-order chi connectivity index (χ1) is 11.0. The smallest absolute Gasteiger partial charge is 0.356 e. The maximum atomic E-state index is 14.6. The zero-order valence-electron chi connectivity index (χ0n) is 11.6. The van der Waals surface area contributed by atoms with Gasteiger partial charge < -0.3 is 10.8 Å². The Bertz CT molecular complexity index is 950. The van der Waals surface area contributed by atoms with Crippen LogP contribution in [0.15, 0.2) is 18.2 Å². The monoisotopic (exact) mass is 394 g/mol. The molecule has 0 radical (unpaired) electrons. The lowest BCUT2D eigenvalue weighted by atomic mass is 10.1. The fourth-order valence-corrected chi connectivity index (χ4v) is 3.06. The van der Waals surface area contributed by atoms with E-state index in [9.17, 15) is 17.6 Å². The Hall–Kier alpha value is -1.94. The average Bonchev–Trinajstić information content (AvgIpc) is 2.45. The van der Waals surface area contributed by atoms with E-state index in [0.717, 1.165) is 6.07 Å². The second-order valence-electron chi connectivity index (χ2n) is 4.68. The summed E-state index contributed by atoms with van der Waals surface area (Å²) < 4.78 is 45.5. The largest absolute Gasteiger partial charge is 0.476 e. The number of carboxylic acids is 1. The van der Waals surface area contributed by atoms with Crippen LogP contribution in [0.4, 0.5) is 10.1 Å². The highest BCUT2D eigenvalue weighted by Crippen LogP contribution is 2.33. The summed E-state index contributed by atoms with van der Waals surface area (Å²) in [4.78, 5) is 14.8. The zero-order chi connectivity index (χ0) is 18.2. The number of hydrogen-bond donors (Lipinski definition) is 3. The van der Waals surface area contributed by atoms with Crippen LogP contribution in [-0.4, -0.2) is 29.0 Å². The lowest BCUT2D eigenvalue weighted by Crippen LogP contribution is -2.08. The van der Waals surface area contributed by atoms with Gasteiger partial charge in [0.2, 0.25) is 0 Å². The van der Waals surface area contributed by atoms with Gasteiger partial charge in [0.15, 0.2) is 5.69 Å². The quantitative estimate of drug-likeness (QED) is 0.679. The summed E-state index contributed by atoms with van der Waals surface area (Å²) in [7, 11) is -4.54. The number of halogens is 3. The number of nitrogens with zero attached hydrogens (tertiary/aromatic N) is 1. The molecule has 1 aromatic carbocycles. The lowest BCUT2D eigenvalue weighted by molar-refractivity contribution is 0.0691. The molecule has 2 aromatic rings. The van der Waals surface area contributed by atoms with Crippen LogP contribution in [-0.2, 0) is 15.9 Å².